The first-order chi connectivity index (χ1) is 7.68. The van der Waals surface area contributed by atoms with E-state index in [9.17, 15) is 0 Å². The molecule has 0 bridgehead atoms. The molecule has 90 valence electrons. The van der Waals surface area contributed by atoms with Crippen molar-refractivity contribution in [1.29, 1.82) is 0 Å². The number of hydrogen-bond donors (Lipinski definition) is 1. The summed E-state index contributed by atoms with van der Waals surface area (Å²) >= 11 is 1.85. The largest absolute Gasteiger partial charge is 0.381 e. The second-order valence-corrected chi connectivity index (χ2v) is 6.17. The molecule has 1 atom stereocenters. The SMILES string of the molecule is CC(C)(CNCC1CCOC1)c1cccs1. The highest BCUT2D eigenvalue weighted by Crippen LogP contribution is 2.26. The lowest BCUT2D eigenvalue weighted by atomic mass is 9.91. The molecule has 0 aliphatic carbocycles. The molecule has 0 aromatic carbocycles. The zero-order valence-corrected chi connectivity index (χ0v) is 11.0. The number of ether oxygens (including phenoxy) is 1. The van der Waals surface area contributed by atoms with Gasteiger partial charge in [0.25, 0.3) is 0 Å². The van der Waals surface area contributed by atoms with Gasteiger partial charge in [-0.05, 0) is 23.8 Å². The highest BCUT2D eigenvalue weighted by Gasteiger charge is 2.22. The Morgan fingerprint density at radius 3 is 3.06 bits per heavy atom. The van der Waals surface area contributed by atoms with Crippen LogP contribution in [-0.2, 0) is 10.2 Å². The van der Waals surface area contributed by atoms with Crippen LogP contribution in [0.25, 0.3) is 0 Å². The average molecular weight is 239 g/mol. The topological polar surface area (TPSA) is 21.3 Å². The minimum atomic E-state index is 0.244. The third-order valence-electron chi connectivity index (χ3n) is 3.21. The minimum absolute atomic E-state index is 0.244. The first kappa shape index (κ1) is 12.1. The maximum atomic E-state index is 5.37. The molecule has 16 heavy (non-hydrogen) atoms. The fraction of sp³-hybridized carbons (Fsp3) is 0.692. The van der Waals surface area contributed by atoms with E-state index in [0.29, 0.717) is 0 Å². The molecule has 1 aromatic heterocycles. The van der Waals surface area contributed by atoms with Crippen molar-refractivity contribution in [3.8, 4) is 0 Å². The molecule has 1 unspecified atom stereocenters. The van der Waals surface area contributed by atoms with Gasteiger partial charge in [-0.15, -0.1) is 11.3 Å². The van der Waals surface area contributed by atoms with Crippen molar-refractivity contribution in [2.45, 2.75) is 25.7 Å². The van der Waals surface area contributed by atoms with E-state index in [1.807, 2.05) is 11.3 Å². The lowest BCUT2D eigenvalue weighted by molar-refractivity contribution is 0.185. The molecule has 1 saturated heterocycles. The molecule has 0 saturated carbocycles. The van der Waals surface area contributed by atoms with Gasteiger partial charge in [0.2, 0.25) is 0 Å². The number of thiophene rings is 1. The fourth-order valence-corrected chi connectivity index (χ4v) is 2.94. The van der Waals surface area contributed by atoms with Crippen molar-refractivity contribution in [3.05, 3.63) is 22.4 Å². The van der Waals surface area contributed by atoms with Gasteiger partial charge in [-0.1, -0.05) is 19.9 Å². The molecule has 2 heterocycles. The minimum Gasteiger partial charge on any atom is -0.381 e. The predicted octanol–water partition coefficient (Wildman–Crippen LogP) is 2.65. The summed E-state index contributed by atoms with van der Waals surface area (Å²) in [4.78, 5) is 1.46. The number of hydrogen-bond acceptors (Lipinski definition) is 3. The van der Waals surface area contributed by atoms with Gasteiger partial charge in [-0.25, -0.2) is 0 Å². The van der Waals surface area contributed by atoms with Crippen LogP contribution >= 0.6 is 11.3 Å². The summed E-state index contributed by atoms with van der Waals surface area (Å²) in [6, 6.07) is 4.36. The second kappa shape index (κ2) is 5.30. The zero-order chi connectivity index (χ0) is 11.4. The molecule has 1 N–H and O–H groups in total. The molecule has 1 aromatic rings. The van der Waals surface area contributed by atoms with Crippen LogP contribution in [0.4, 0.5) is 0 Å². The van der Waals surface area contributed by atoms with Crippen LogP contribution < -0.4 is 5.32 Å². The van der Waals surface area contributed by atoms with Gasteiger partial charge in [0.15, 0.2) is 0 Å². The Morgan fingerprint density at radius 2 is 2.44 bits per heavy atom. The highest BCUT2D eigenvalue weighted by atomic mass is 32.1. The van der Waals surface area contributed by atoms with Crippen LogP contribution in [0, 0.1) is 5.92 Å². The van der Waals surface area contributed by atoms with Crippen LogP contribution in [0.2, 0.25) is 0 Å². The molecular formula is C13H21NOS. The van der Waals surface area contributed by atoms with E-state index in [4.69, 9.17) is 4.74 Å². The van der Waals surface area contributed by atoms with Crippen LogP contribution in [0.1, 0.15) is 25.1 Å². The summed E-state index contributed by atoms with van der Waals surface area (Å²) in [7, 11) is 0. The zero-order valence-electron chi connectivity index (χ0n) is 10.2. The normalized spacial score (nSPS) is 21.5. The highest BCUT2D eigenvalue weighted by molar-refractivity contribution is 7.10. The Labute approximate surface area is 102 Å². The van der Waals surface area contributed by atoms with Crippen LogP contribution in [0.15, 0.2) is 17.5 Å². The summed E-state index contributed by atoms with van der Waals surface area (Å²) in [5.41, 5.74) is 0.244. The van der Waals surface area contributed by atoms with E-state index in [0.717, 1.165) is 32.2 Å². The van der Waals surface area contributed by atoms with Gasteiger partial charge >= 0.3 is 0 Å². The van der Waals surface area contributed by atoms with Crippen molar-refractivity contribution in [2.75, 3.05) is 26.3 Å². The van der Waals surface area contributed by atoms with Gasteiger partial charge in [0, 0.05) is 30.0 Å². The molecule has 0 spiro atoms. The van der Waals surface area contributed by atoms with Crippen molar-refractivity contribution < 1.29 is 4.74 Å². The van der Waals surface area contributed by atoms with Gasteiger partial charge in [-0.2, -0.15) is 0 Å². The Balaban J connectivity index is 1.76. The van der Waals surface area contributed by atoms with Crippen molar-refractivity contribution in [2.24, 2.45) is 5.92 Å². The van der Waals surface area contributed by atoms with Crippen molar-refractivity contribution in [3.63, 3.8) is 0 Å². The third kappa shape index (κ3) is 3.06. The third-order valence-corrected chi connectivity index (χ3v) is 4.45. The Hall–Kier alpha value is -0.380. The van der Waals surface area contributed by atoms with Gasteiger partial charge < -0.3 is 10.1 Å². The van der Waals surface area contributed by atoms with E-state index in [-0.39, 0.29) is 5.41 Å². The molecule has 0 amide bonds. The average Bonchev–Trinajstić information content (AvgIpc) is 2.90. The summed E-state index contributed by atoms with van der Waals surface area (Å²) in [6.07, 6.45) is 1.21. The molecule has 2 rings (SSSR count). The van der Waals surface area contributed by atoms with Gasteiger partial charge in [0.1, 0.15) is 0 Å². The first-order valence-corrected chi connectivity index (χ1v) is 6.89. The van der Waals surface area contributed by atoms with E-state index in [1.165, 1.54) is 11.3 Å². The van der Waals surface area contributed by atoms with Crippen LogP contribution in [0.5, 0.6) is 0 Å². The lowest BCUT2D eigenvalue weighted by Gasteiger charge is -2.24. The Morgan fingerprint density at radius 1 is 1.56 bits per heavy atom. The van der Waals surface area contributed by atoms with E-state index in [1.54, 1.807) is 0 Å². The predicted molar refractivity (Wildman–Crippen MR) is 69.1 cm³/mol. The molecule has 1 aliphatic rings. The van der Waals surface area contributed by atoms with E-state index < -0.39 is 0 Å². The van der Waals surface area contributed by atoms with Crippen molar-refractivity contribution >= 4 is 11.3 Å². The first-order valence-electron chi connectivity index (χ1n) is 6.01. The Kier molecular flexibility index (Phi) is 4.00. The molecule has 1 fully saturated rings. The quantitative estimate of drug-likeness (QED) is 0.853. The molecule has 1 aliphatic heterocycles. The van der Waals surface area contributed by atoms with Crippen LogP contribution in [0.3, 0.4) is 0 Å². The number of nitrogens with one attached hydrogen (secondary N) is 1. The fourth-order valence-electron chi connectivity index (χ4n) is 2.08. The molecule has 3 heteroatoms. The van der Waals surface area contributed by atoms with E-state index in [2.05, 4.69) is 36.7 Å². The standard InChI is InChI=1S/C13H21NOS/c1-13(2,12-4-3-7-16-12)10-14-8-11-5-6-15-9-11/h3-4,7,11,14H,5-6,8-10H2,1-2H3. The maximum Gasteiger partial charge on any atom is 0.0507 e. The van der Waals surface area contributed by atoms with E-state index >= 15 is 0 Å². The Bertz CT molecular complexity index is 302. The summed E-state index contributed by atoms with van der Waals surface area (Å²) in [5.74, 6) is 0.721. The lowest BCUT2D eigenvalue weighted by Crippen LogP contribution is -2.35. The number of rotatable bonds is 5. The molecular weight excluding hydrogens is 218 g/mol. The second-order valence-electron chi connectivity index (χ2n) is 5.22. The molecule has 2 nitrogen and oxygen atoms in total. The summed E-state index contributed by atoms with van der Waals surface area (Å²) in [6.45, 7) is 8.62. The molecule has 0 radical (unpaired) electrons. The smallest absolute Gasteiger partial charge is 0.0507 e. The van der Waals surface area contributed by atoms with Gasteiger partial charge in [-0.3, -0.25) is 0 Å². The van der Waals surface area contributed by atoms with Crippen LogP contribution in [-0.4, -0.2) is 26.3 Å². The monoisotopic (exact) mass is 239 g/mol. The maximum absolute atomic E-state index is 5.37. The summed E-state index contributed by atoms with van der Waals surface area (Å²) in [5, 5.41) is 5.74. The van der Waals surface area contributed by atoms with Gasteiger partial charge in [0.05, 0.1) is 6.61 Å². The van der Waals surface area contributed by atoms with Crippen molar-refractivity contribution in [1.82, 2.24) is 5.32 Å². The summed E-state index contributed by atoms with van der Waals surface area (Å²) < 4.78 is 5.37.